The smallest absolute Gasteiger partial charge is 0.261 e. The van der Waals surface area contributed by atoms with Gasteiger partial charge in [0.2, 0.25) is 0 Å². The van der Waals surface area contributed by atoms with Crippen LogP contribution < -0.4 is 0 Å². The molecule has 0 saturated heterocycles. The molecule has 2 amide bonds. The van der Waals surface area contributed by atoms with E-state index in [1.165, 1.54) is 4.90 Å². The number of aryl methyl sites for hydroxylation is 1. The number of nitrogens with zero attached hydrogens (tertiary/aromatic N) is 2. The predicted octanol–water partition coefficient (Wildman–Crippen LogP) is 6.43. The van der Waals surface area contributed by atoms with E-state index in [4.69, 9.17) is 23.2 Å². The number of benzene rings is 3. The lowest BCUT2D eigenvalue weighted by molar-refractivity contribution is 0.0639. The lowest BCUT2D eigenvalue weighted by Crippen LogP contribution is -2.30. The van der Waals surface area contributed by atoms with Crippen LogP contribution in [0.3, 0.4) is 0 Å². The molecule has 0 radical (unpaired) electrons. The first-order valence-electron chi connectivity index (χ1n) is 11.0. The van der Waals surface area contributed by atoms with Crippen molar-refractivity contribution in [2.45, 2.75) is 20.4 Å². The minimum Gasteiger partial charge on any atom is -0.315 e. The van der Waals surface area contributed by atoms with Crippen molar-refractivity contribution in [1.82, 2.24) is 9.47 Å². The zero-order valence-corrected chi connectivity index (χ0v) is 20.5. The Morgan fingerprint density at radius 3 is 2.09 bits per heavy atom. The molecule has 5 rings (SSSR count). The maximum Gasteiger partial charge on any atom is 0.261 e. The van der Waals surface area contributed by atoms with Crippen molar-refractivity contribution in [3.05, 3.63) is 122 Å². The van der Waals surface area contributed by atoms with Crippen LogP contribution in [-0.4, -0.2) is 27.1 Å². The van der Waals surface area contributed by atoms with Crippen molar-refractivity contribution in [2.24, 2.45) is 0 Å². The van der Waals surface area contributed by atoms with E-state index < -0.39 is 0 Å². The van der Waals surface area contributed by atoms with Gasteiger partial charge in [0.1, 0.15) is 0 Å². The number of halogens is 2. The third-order valence-electron chi connectivity index (χ3n) is 6.34. The van der Waals surface area contributed by atoms with E-state index in [1.807, 2.05) is 24.5 Å². The van der Waals surface area contributed by atoms with Gasteiger partial charge in [0.05, 0.1) is 28.4 Å². The highest BCUT2D eigenvalue weighted by Crippen LogP contribution is 2.31. The molecule has 174 valence electrons. The molecule has 7 heteroatoms. The second-order valence-corrected chi connectivity index (χ2v) is 9.30. The Morgan fingerprint density at radius 1 is 0.800 bits per heavy atom. The molecule has 5 nitrogen and oxygen atoms in total. The molecule has 0 atom stereocenters. The van der Waals surface area contributed by atoms with E-state index in [0.717, 1.165) is 11.3 Å². The van der Waals surface area contributed by atoms with Crippen LogP contribution in [0.25, 0.3) is 5.69 Å². The summed E-state index contributed by atoms with van der Waals surface area (Å²) in [6, 6.07) is 20.7. The van der Waals surface area contributed by atoms with Crippen molar-refractivity contribution in [1.29, 1.82) is 0 Å². The van der Waals surface area contributed by atoms with Gasteiger partial charge in [0, 0.05) is 27.5 Å². The Balaban J connectivity index is 1.62. The fraction of sp³-hybridized carbons (Fsp3) is 0.107. The molecule has 0 saturated carbocycles. The summed E-state index contributed by atoms with van der Waals surface area (Å²) >= 11 is 12.6. The number of rotatable bonds is 5. The standard InChI is InChI=1S/C28H20Cl2N2O3/c1-16-13-19(15-31-27(34)20-7-3-4-8-21(20)28(31)35)32(17(16)2)25-12-11-18(29)14-23(25)26(33)22-9-5-6-10-24(22)30/h3-14H,15H2,1-2H3. The number of hydrogen-bond acceptors (Lipinski definition) is 3. The van der Waals surface area contributed by atoms with Crippen LogP contribution in [0.15, 0.2) is 72.8 Å². The molecule has 4 aromatic rings. The van der Waals surface area contributed by atoms with E-state index in [9.17, 15) is 14.4 Å². The molecule has 0 bridgehead atoms. The Hall–Kier alpha value is -3.67. The highest BCUT2D eigenvalue weighted by atomic mass is 35.5. The van der Waals surface area contributed by atoms with Crippen molar-refractivity contribution in [2.75, 3.05) is 0 Å². The summed E-state index contributed by atoms with van der Waals surface area (Å²) < 4.78 is 1.90. The molecule has 0 N–H and O–H groups in total. The topological polar surface area (TPSA) is 59.4 Å². The van der Waals surface area contributed by atoms with E-state index in [2.05, 4.69) is 0 Å². The van der Waals surface area contributed by atoms with Crippen molar-refractivity contribution < 1.29 is 14.4 Å². The van der Waals surface area contributed by atoms with Crippen LogP contribution in [-0.2, 0) is 6.54 Å². The quantitative estimate of drug-likeness (QED) is 0.233. The molecule has 0 aliphatic carbocycles. The predicted molar refractivity (Wildman–Crippen MR) is 136 cm³/mol. The largest absolute Gasteiger partial charge is 0.315 e. The van der Waals surface area contributed by atoms with Crippen molar-refractivity contribution in [3.63, 3.8) is 0 Å². The van der Waals surface area contributed by atoms with Gasteiger partial charge in [0.25, 0.3) is 11.8 Å². The minimum atomic E-state index is -0.336. The summed E-state index contributed by atoms with van der Waals surface area (Å²) in [6.45, 7) is 3.94. The molecule has 0 unspecified atom stereocenters. The van der Waals surface area contributed by atoms with Crippen molar-refractivity contribution in [3.8, 4) is 5.69 Å². The number of carbonyl (C=O) groups excluding carboxylic acids is 3. The molecule has 1 aromatic heterocycles. The maximum absolute atomic E-state index is 13.6. The number of aromatic nitrogens is 1. The van der Waals surface area contributed by atoms with E-state index in [0.29, 0.717) is 43.7 Å². The van der Waals surface area contributed by atoms with Gasteiger partial charge in [-0.2, -0.15) is 0 Å². The van der Waals surface area contributed by atoms with E-state index in [1.54, 1.807) is 66.7 Å². The first-order chi connectivity index (χ1) is 16.8. The van der Waals surface area contributed by atoms with Crippen LogP contribution in [0.4, 0.5) is 0 Å². The summed E-state index contributed by atoms with van der Waals surface area (Å²) in [5.74, 6) is -0.945. The highest BCUT2D eigenvalue weighted by molar-refractivity contribution is 6.35. The summed E-state index contributed by atoms with van der Waals surface area (Å²) in [7, 11) is 0. The Bertz CT molecular complexity index is 1500. The number of imide groups is 1. The fourth-order valence-electron chi connectivity index (χ4n) is 4.48. The SMILES string of the molecule is Cc1cc(CN2C(=O)c3ccccc3C2=O)n(-c2ccc(Cl)cc2C(=O)c2ccccc2Cl)c1C. The van der Waals surface area contributed by atoms with Crippen LogP contribution in [0, 0.1) is 13.8 Å². The van der Waals surface area contributed by atoms with Gasteiger partial charge < -0.3 is 4.57 Å². The molecule has 3 aromatic carbocycles. The van der Waals surface area contributed by atoms with Crippen molar-refractivity contribution >= 4 is 40.8 Å². The van der Waals surface area contributed by atoms with Crippen LogP contribution in [0.1, 0.15) is 53.6 Å². The van der Waals surface area contributed by atoms with E-state index in [-0.39, 0.29) is 24.1 Å². The lowest BCUT2D eigenvalue weighted by Gasteiger charge is -2.19. The van der Waals surface area contributed by atoms with Crippen LogP contribution in [0.5, 0.6) is 0 Å². The molecular weight excluding hydrogens is 483 g/mol. The Labute approximate surface area is 212 Å². The molecular formula is C28H20Cl2N2O3. The van der Waals surface area contributed by atoms with Gasteiger partial charge in [-0.15, -0.1) is 0 Å². The molecule has 35 heavy (non-hydrogen) atoms. The summed E-state index contributed by atoms with van der Waals surface area (Å²) in [5, 5.41) is 0.752. The zero-order valence-electron chi connectivity index (χ0n) is 19.0. The summed E-state index contributed by atoms with van der Waals surface area (Å²) in [4.78, 5) is 40.8. The number of carbonyl (C=O) groups is 3. The van der Waals surface area contributed by atoms with Gasteiger partial charge in [0.15, 0.2) is 5.78 Å². The lowest BCUT2D eigenvalue weighted by atomic mass is 10.0. The fourth-order valence-corrected chi connectivity index (χ4v) is 4.88. The van der Waals surface area contributed by atoms with Gasteiger partial charge in [-0.3, -0.25) is 19.3 Å². The average Bonchev–Trinajstić information content (AvgIpc) is 3.26. The monoisotopic (exact) mass is 502 g/mol. The van der Waals surface area contributed by atoms with Gasteiger partial charge in [-0.1, -0.05) is 47.5 Å². The van der Waals surface area contributed by atoms with Gasteiger partial charge in [-0.05, 0) is 67.9 Å². The third kappa shape index (κ3) is 3.87. The first kappa shape index (κ1) is 23.1. The van der Waals surface area contributed by atoms with Gasteiger partial charge >= 0.3 is 0 Å². The van der Waals surface area contributed by atoms with Crippen LogP contribution >= 0.6 is 23.2 Å². The van der Waals surface area contributed by atoms with Gasteiger partial charge in [-0.25, -0.2) is 0 Å². The maximum atomic E-state index is 13.6. The first-order valence-corrected chi connectivity index (χ1v) is 11.8. The Morgan fingerprint density at radius 2 is 1.43 bits per heavy atom. The molecule has 0 spiro atoms. The summed E-state index contributed by atoms with van der Waals surface area (Å²) in [6.07, 6.45) is 0. The normalized spacial score (nSPS) is 12.9. The molecule has 2 heterocycles. The zero-order chi connectivity index (χ0) is 24.9. The minimum absolute atomic E-state index is 0.0589. The summed E-state index contributed by atoms with van der Waals surface area (Å²) in [5.41, 5.74) is 4.65. The number of fused-ring (bicyclic) bond motifs is 1. The van der Waals surface area contributed by atoms with E-state index >= 15 is 0 Å². The highest BCUT2D eigenvalue weighted by Gasteiger charge is 2.36. The molecule has 1 aliphatic heterocycles. The second kappa shape index (κ2) is 8.84. The molecule has 1 aliphatic rings. The van der Waals surface area contributed by atoms with Crippen LogP contribution in [0.2, 0.25) is 10.0 Å². The average molecular weight is 503 g/mol. The second-order valence-electron chi connectivity index (χ2n) is 8.45. The third-order valence-corrected chi connectivity index (χ3v) is 6.90. The number of amides is 2. The molecule has 0 fully saturated rings. The number of hydrogen-bond donors (Lipinski definition) is 0. The number of ketones is 1. The Kier molecular flexibility index (Phi) is 5.83.